The van der Waals surface area contributed by atoms with Crippen LogP contribution in [0.5, 0.6) is 5.75 Å². The molecule has 0 aliphatic heterocycles. The summed E-state index contributed by atoms with van der Waals surface area (Å²) in [4.78, 5) is 37.6. The molecule has 10 heteroatoms. The Morgan fingerprint density at radius 3 is 2.31 bits per heavy atom. The number of benzene rings is 2. The van der Waals surface area contributed by atoms with E-state index >= 15 is 0 Å². The topological polar surface area (TPSA) is 158 Å². The molecule has 35 heavy (non-hydrogen) atoms. The zero-order valence-electron chi connectivity index (χ0n) is 18.0. The van der Waals surface area contributed by atoms with E-state index in [0.29, 0.717) is 17.2 Å². The van der Waals surface area contributed by atoms with Gasteiger partial charge < -0.3 is 26.2 Å². The number of aromatic hydroxyl groups is 1. The third kappa shape index (κ3) is 3.09. The van der Waals surface area contributed by atoms with Crippen molar-refractivity contribution in [2.24, 2.45) is 17.6 Å². The molecule has 0 bridgehead atoms. The van der Waals surface area contributed by atoms with E-state index in [1.165, 1.54) is 12.1 Å². The summed E-state index contributed by atoms with van der Waals surface area (Å²) in [5.74, 6) is -9.01. The van der Waals surface area contributed by atoms with Crippen LogP contribution >= 0.6 is 0 Å². The Labute approximate surface area is 196 Å². The molecule has 1 fully saturated rings. The molecule has 5 rings (SSSR count). The molecule has 1 saturated carbocycles. The molecular weight excluding hydrogens is 464 g/mol. The fraction of sp³-hybridized carbons (Fsp3) is 0.240. The lowest BCUT2D eigenvalue weighted by molar-refractivity contribution is -0.147. The molecule has 1 amide bonds. The second kappa shape index (κ2) is 7.47. The summed E-state index contributed by atoms with van der Waals surface area (Å²) in [7, 11) is 0. The quantitative estimate of drug-likeness (QED) is 0.410. The normalized spacial score (nSPS) is 25.8. The maximum Gasteiger partial charge on any atom is 0.255 e. The van der Waals surface area contributed by atoms with Gasteiger partial charge in [-0.2, -0.15) is 0 Å². The molecule has 3 aliphatic carbocycles. The lowest BCUT2D eigenvalue weighted by Crippen LogP contribution is -2.58. The lowest BCUT2D eigenvalue weighted by atomic mass is 9.59. The van der Waals surface area contributed by atoms with Crippen molar-refractivity contribution < 1.29 is 43.6 Å². The van der Waals surface area contributed by atoms with Crippen molar-refractivity contribution in [1.29, 1.82) is 0 Å². The molecular formula is C25H19F2NO7. The number of halogens is 2. The maximum atomic E-state index is 13.9. The molecule has 0 aromatic heterocycles. The van der Waals surface area contributed by atoms with Crippen LogP contribution < -0.4 is 5.73 Å². The fourth-order valence-corrected chi connectivity index (χ4v) is 5.60. The van der Waals surface area contributed by atoms with E-state index in [1.807, 2.05) is 0 Å². The highest BCUT2D eigenvalue weighted by atomic mass is 19.1. The Balaban J connectivity index is 1.72. The number of carbonyl (C=O) groups excluding carboxylic acids is 3. The highest BCUT2D eigenvalue weighted by Crippen LogP contribution is 2.53. The first kappa shape index (κ1) is 22.7. The Hall–Kier alpha value is -4.05. The summed E-state index contributed by atoms with van der Waals surface area (Å²) in [6.45, 7) is 0. The minimum absolute atomic E-state index is 0.0241. The van der Waals surface area contributed by atoms with Gasteiger partial charge in [-0.05, 0) is 53.6 Å². The predicted molar refractivity (Wildman–Crippen MR) is 117 cm³/mol. The second-order valence-corrected chi connectivity index (χ2v) is 9.05. The van der Waals surface area contributed by atoms with Crippen molar-refractivity contribution >= 4 is 23.2 Å². The average molecular weight is 483 g/mol. The molecule has 2 aromatic rings. The summed E-state index contributed by atoms with van der Waals surface area (Å²) >= 11 is 0. The predicted octanol–water partition coefficient (Wildman–Crippen LogP) is 2.37. The molecule has 2 aromatic carbocycles. The van der Waals surface area contributed by atoms with Crippen LogP contribution in [0.4, 0.5) is 8.78 Å². The number of ketones is 2. The fourth-order valence-electron chi connectivity index (χ4n) is 5.60. The second-order valence-electron chi connectivity index (χ2n) is 9.05. The van der Waals surface area contributed by atoms with Crippen molar-refractivity contribution in [3.05, 3.63) is 70.0 Å². The van der Waals surface area contributed by atoms with Gasteiger partial charge in [-0.1, -0.05) is 6.07 Å². The monoisotopic (exact) mass is 483 g/mol. The van der Waals surface area contributed by atoms with Crippen molar-refractivity contribution in [2.45, 2.75) is 24.9 Å². The Kier molecular flexibility index (Phi) is 4.85. The van der Waals surface area contributed by atoms with Crippen LogP contribution in [0.3, 0.4) is 0 Å². The van der Waals surface area contributed by atoms with Gasteiger partial charge in [0.2, 0.25) is 5.78 Å². The average Bonchev–Trinajstić information content (AvgIpc) is 2.75. The molecule has 3 atom stereocenters. The van der Waals surface area contributed by atoms with Gasteiger partial charge in [0.1, 0.15) is 34.5 Å². The van der Waals surface area contributed by atoms with Crippen LogP contribution in [-0.4, -0.2) is 43.5 Å². The minimum atomic E-state index is -2.66. The number of amides is 1. The van der Waals surface area contributed by atoms with Crippen LogP contribution in [0, 0.1) is 23.5 Å². The van der Waals surface area contributed by atoms with Gasteiger partial charge in [0.05, 0.1) is 5.56 Å². The number of aliphatic hydroxyl groups is 3. The number of hydrogen-bond donors (Lipinski definition) is 5. The van der Waals surface area contributed by atoms with E-state index in [9.17, 15) is 43.6 Å². The minimum Gasteiger partial charge on any atom is -0.508 e. The molecule has 8 nitrogen and oxygen atoms in total. The van der Waals surface area contributed by atoms with E-state index in [1.54, 1.807) is 0 Å². The van der Waals surface area contributed by atoms with Gasteiger partial charge in [-0.15, -0.1) is 0 Å². The number of nitrogens with two attached hydrogens (primary N) is 1. The van der Waals surface area contributed by atoms with Gasteiger partial charge >= 0.3 is 0 Å². The first-order chi connectivity index (χ1) is 16.4. The molecule has 0 radical (unpaired) electrons. The molecule has 0 heterocycles. The maximum absolute atomic E-state index is 13.9. The van der Waals surface area contributed by atoms with Crippen LogP contribution in [0.15, 0.2) is 47.2 Å². The Bertz CT molecular complexity index is 1410. The third-order valence-corrected chi connectivity index (χ3v) is 7.12. The SMILES string of the molecule is NC(=O)C1=C(O)C2(O)C(=O)C3=C(O)c4c(O)ccc(-c5cc(F)cc(F)c5)c4CC3CC2CC1=O. The molecule has 0 saturated heterocycles. The van der Waals surface area contributed by atoms with Crippen molar-refractivity contribution in [2.75, 3.05) is 0 Å². The molecule has 6 N–H and O–H groups in total. The van der Waals surface area contributed by atoms with Gasteiger partial charge in [-0.25, -0.2) is 8.78 Å². The Morgan fingerprint density at radius 1 is 1.03 bits per heavy atom. The van der Waals surface area contributed by atoms with Gasteiger partial charge in [0.25, 0.3) is 5.91 Å². The van der Waals surface area contributed by atoms with Gasteiger partial charge in [0, 0.05) is 24.0 Å². The molecule has 3 aliphatic rings. The molecule has 3 unspecified atom stereocenters. The number of Topliss-reactive ketones (excluding diaryl/α,β-unsaturated/α-hetero) is 2. The highest BCUT2D eigenvalue weighted by molar-refractivity contribution is 6.22. The zero-order valence-corrected chi connectivity index (χ0v) is 18.0. The highest BCUT2D eigenvalue weighted by Gasteiger charge is 2.60. The summed E-state index contributed by atoms with van der Waals surface area (Å²) in [6.07, 6.45) is -0.463. The van der Waals surface area contributed by atoms with Gasteiger partial charge in [0.15, 0.2) is 11.4 Å². The number of phenols is 1. The number of primary amides is 1. The van der Waals surface area contributed by atoms with E-state index in [-0.39, 0.29) is 29.5 Å². The largest absolute Gasteiger partial charge is 0.508 e. The zero-order chi connectivity index (χ0) is 25.4. The molecule has 180 valence electrons. The summed E-state index contributed by atoms with van der Waals surface area (Å²) in [5, 5.41) is 43.4. The number of aliphatic hydroxyl groups excluding tert-OH is 2. The van der Waals surface area contributed by atoms with E-state index in [4.69, 9.17) is 5.73 Å². The van der Waals surface area contributed by atoms with Gasteiger partial charge in [-0.3, -0.25) is 14.4 Å². The van der Waals surface area contributed by atoms with Crippen molar-refractivity contribution in [3.8, 4) is 16.9 Å². The van der Waals surface area contributed by atoms with Crippen LogP contribution in [0.1, 0.15) is 24.0 Å². The number of rotatable bonds is 2. The van der Waals surface area contributed by atoms with E-state index in [0.717, 1.165) is 12.1 Å². The summed E-state index contributed by atoms with van der Waals surface area (Å²) in [6, 6.07) is 5.50. The number of phenolic OH excluding ortho intramolecular Hbond substituents is 1. The third-order valence-electron chi connectivity index (χ3n) is 7.12. The van der Waals surface area contributed by atoms with Crippen molar-refractivity contribution in [3.63, 3.8) is 0 Å². The first-order valence-corrected chi connectivity index (χ1v) is 10.7. The standard InChI is InChI=1S/C25H19F2NO7/c26-12-4-9(5-13(27)8-12)14-1-2-16(29)19-15(14)6-10-3-11-7-17(30)20(24(28)34)23(33)25(11,35)22(32)18(10)21(19)31/h1-2,4-5,8,10-11,29,31,33,35H,3,6-7H2,(H2,28,34). The lowest BCUT2D eigenvalue weighted by Gasteiger charge is -2.46. The first-order valence-electron chi connectivity index (χ1n) is 10.7. The summed E-state index contributed by atoms with van der Waals surface area (Å²) < 4.78 is 27.8. The van der Waals surface area contributed by atoms with Crippen LogP contribution in [0.2, 0.25) is 0 Å². The number of carbonyl (C=O) groups is 3. The smallest absolute Gasteiger partial charge is 0.255 e. The van der Waals surface area contributed by atoms with Crippen LogP contribution in [0.25, 0.3) is 16.9 Å². The number of fused-ring (bicyclic) bond motifs is 3. The Morgan fingerprint density at radius 2 is 1.69 bits per heavy atom. The van der Waals surface area contributed by atoms with Crippen molar-refractivity contribution in [1.82, 2.24) is 0 Å². The number of hydrogen-bond acceptors (Lipinski definition) is 7. The van der Waals surface area contributed by atoms with E-state index in [2.05, 4.69) is 0 Å². The van der Waals surface area contributed by atoms with Crippen LogP contribution in [-0.2, 0) is 20.8 Å². The summed E-state index contributed by atoms with van der Waals surface area (Å²) in [5.41, 5.74) is 1.97. The van der Waals surface area contributed by atoms with E-state index < -0.39 is 75.8 Å². The molecule has 0 spiro atoms.